The van der Waals surface area contributed by atoms with Gasteiger partial charge in [-0.3, -0.25) is 4.79 Å². The Morgan fingerprint density at radius 1 is 1.12 bits per heavy atom. The van der Waals surface area contributed by atoms with Crippen LogP contribution >= 0.6 is 0 Å². The van der Waals surface area contributed by atoms with Crippen molar-refractivity contribution >= 4 is 11.7 Å². The molecule has 1 aromatic carbocycles. The van der Waals surface area contributed by atoms with Crippen LogP contribution in [0.2, 0.25) is 0 Å². The Balaban J connectivity index is 1.92. The van der Waals surface area contributed by atoms with Gasteiger partial charge in [0.2, 0.25) is 5.91 Å². The minimum Gasteiger partial charge on any atom is -0.485 e. The fourth-order valence-corrected chi connectivity index (χ4v) is 2.44. The molecule has 1 amide bonds. The van der Waals surface area contributed by atoms with Crippen molar-refractivity contribution in [3.63, 3.8) is 0 Å². The maximum atomic E-state index is 12.0. The van der Waals surface area contributed by atoms with Gasteiger partial charge in [0.05, 0.1) is 0 Å². The summed E-state index contributed by atoms with van der Waals surface area (Å²) in [7, 11) is 0. The summed E-state index contributed by atoms with van der Waals surface area (Å²) in [6.07, 6.45) is 6.51. The van der Waals surface area contributed by atoms with Crippen molar-refractivity contribution in [1.82, 2.24) is 4.98 Å². The number of amides is 1. The first-order chi connectivity index (χ1) is 11.7. The predicted octanol–water partition coefficient (Wildman–Crippen LogP) is 4.88. The molecule has 2 rings (SSSR count). The molecule has 0 aliphatic heterocycles. The molecule has 1 aromatic heterocycles. The fraction of sp³-hybridized carbons (Fsp3) is 0.400. The summed E-state index contributed by atoms with van der Waals surface area (Å²) >= 11 is 0. The van der Waals surface area contributed by atoms with E-state index in [4.69, 9.17) is 4.74 Å². The minimum absolute atomic E-state index is 0.00875. The van der Waals surface area contributed by atoms with Gasteiger partial charge in [-0.1, -0.05) is 50.5 Å². The number of nitrogens with one attached hydrogen (secondary N) is 1. The Labute approximate surface area is 144 Å². The third-order valence-corrected chi connectivity index (χ3v) is 3.93. The summed E-state index contributed by atoms with van der Waals surface area (Å²) in [5.74, 6) is 1.08. The average molecular weight is 326 g/mol. The van der Waals surface area contributed by atoms with Crippen molar-refractivity contribution in [3.05, 3.63) is 53.7 Å². The second kappa shape index (κ2) is 9.71. The second-order valence-corrected chi connectivity index (χ2v) is 5.92. The number of hydrogen-bond acceptors (Lipinski definition) is 3. The van der Waals surface area contributed by atoms with Gasteiger partial charge >= 0.3 is 0 Å². The van der Waals surface area contributed by atoms with Gasteiger partial charge in [0, 0.05) is 12.6 Å². The van der Waals surface area contributed by atoms with E-state index in [0.29, 0.717) is 24.6 Å². The fourth-order valence-electron chi connectivity index (χ4n) is 2.44. The number of benzene rings is 1. The van der Waals surface area contributed by atoms with Crippen molar-refractivity contribution < 1.29 is 9.53 Å². The second-order valence-electron chi connectivity index (χ2n) is 5.92. The largest absolute Gasteiger partial charge is 0.485 e. The van der Waals surface area contributed by atoms with Gasteiger partial charge in [-0.15, -0.1) is 0 Å². The maximum absolute atomic E-state index is 12.0. The summed E-state index contributed by atoms with van der Waals surface area (Å²) in [6.45, 7) is 4.67. The molecular weight excluding hydrogens is 300 g/mol. The van der Waals surface area contributed by atoms with Crippen molar-refractivity contribution in [2.75, 3.05) is 5.32 Å². The van der Waals surface area contributed by atoms with Crippen molar-refractivity contribution in [3.8, 4) is 5.75 Å². The highest BCUT2D eigenvalue weighted by molar-refractivity contribution is 5.91. The van der Waals surface area contributed by atoms with Gasteiger partial charge in [-0.05, 0) is 36.6 Å². The van der Waals surface area contributed by atoms with E-state index in [1.165, 1.54) is 18.4 Å². The van der Waals surface area contributed by atoms with Gasteiger partial charge in [-0.25, -0.2) is 4.98 Å². The third-order valence-electron chi connectivity index (χ3n) is 3.93. The molecule has 0 bridgehead atoms. The summed E-state index contributed by atoms with van der Waals surface area (Å²) in [5, 5.41) is 2.86. The molecule has 4 nitrogen and oxygen atoms in total. The summed E-state index contributed by atoms with van der Waals surface area (Å²) in [6, 6.07) is 11.7. The maximum Gasteiger partial charge on any atom is 0.225 e. The monoisotopic (exact) mass is 326 g/mol. The third kappa shape index (κ3) is 5.69. The smallest absolute Gasteiger partial charge is 0.225 e. The molecule has 4 heteroatoms. The molecular formula is C20H26N2O2. The van der Waals surface area contributed by atoms with E-state index in [1.54, 1.807) is 6.20 Å². The number of ether oxygens (including phenoxy) is 1. The number of rotatable bonds is 9. The Hall–Kier alpha value is -2.36. The van der Waals surface area contributed by atoms with E-state index in [0.717, 1.165) is 18.4 Å². The van der Waals surface area contributed by atoms with Crippen LogP contribution in [-0.2, 0) is 11.4 Å². The molecule has 1 heterocycles. The number of nitrogens with zero attached hydrogens (tertiary/aromatic N) is 1. The SMILES string of the molecule is CCCCCCC(=O)Nc1ncccc1OCc1ccccc1C. The number of aromatic nitrogens is 1. The Morgan fingerprint density at radius 2 is 1.96 bits per heavy atom. The van der Waals surface area contributed by atoms with Crippen molar-refractivity contribution in [1.29, 1.82) is 0 Å². The Morgan fingerprint density at radius 3 is 2.75 bits per heavy atom. The first kappa shape index (κ1) is 18.0. The van der Waals surface area contributed by atoms with E-state index in [9.17, 15) is 4.79 Å². The van der Waals surface area contributed by atoms with Gasteiger partial charge in [0.1, 0.15) is 6.61 Å². The lowest BCUT2D eigenvalue weighted by atomic mass is 10.1. The summed E-state index contributed by atoms with van der Waals surface area (Å²) in [4.78, 5) is 16.3. The van der Waals surface area contributed by atoms with Crippen LogP contribution in [-0.4, -0.2) is 10.9 Å². The topological polar surface area (TPSA) is 51.2 Å². The normalized spacial score (nSPS) is 10.4. The number of carbonyl (C=O) groups is 1. The molecule has 0 aliphatic rings. The molecule has 0 saturated heterocycles. The number of hydrogen-bond donors (Lipinski definition) is 1. The van der Waals surface area contributed by atoms with Gasteiger partial charge in [-0.2, -0.15) is 0 Å². The lowest BCUT2D eigenvalue weighted by Crippen LogP contribution is -2.13. The zero-order valence-corrected chi connectivity index (χ0v) is 14.5. The summed E-state index contributed by atoms with van der Waals surface area (Å²) in [5.41, 5.74) is 2.31. The molecule has 0 atom stereocenters. The molecule has 2 aromatic rings. The zero-order valence-electron chi connectivity index (χ0n) is 14.5. The van der Waals surface area contributed by atoms with E-state index in [-0.39, 0.29) is 5.91 Å². The van der Waals surface area contributed by atoms with E-state index < -0.39 is 0 Å². The molecule has 0 radical (unpaired) electrons. The van der Waals surface area contributed by atoms with E-state index >= 15 is 0 Å². The predicted molar refractivity (Wildman–Crippen MR) is 97.1 cm³/mol. The molecule has 24 heavy (non-hydrogen) atoms. The zero-order chi connectivity index (χ0) is 17.2. The van der Waals surface area contributed by atoms with Crippen LogP contribution in [0.25, 0.3) is 0 Å². The number of carbonyl (C=O) groups excluding carboxylic acids is 1. The first-order valence-electron chi connectivity index (χ1n) is 8.63. The lowest BCUT2D eigenvalue weighted by molar-refractivity contribution is -0.116. The average Bonchev–Trinajstić information content (AvgIpc) is 2.59. The van der Waals surface area contributed by atoms with Crippen LogP contribution in [0, 0.1) is 6.92 Å². The van der Waals surface area contributed by atoms with Gasteiger partial charge in [0.15, 0.2) is 11.6 Å². The van der Waals surface area contributed by atoms with Crippen LogP contribution < -0.4 is 10.1 Å². The molecule has 0 spiro atoms. The standard InChI is InChI=1S/C20H26N2O2/c1-3-4-5-6-13-19(23)22-20-18(12-9-14-21-20)24-15-17-11-8-7-10-16(17)2/h7-12,14H,3-6,13,15H2,1-2H3,(H,21,22,23). The van der Waals surface area contributed by atoms with Crippen LogP contribution in [0.1, 0.15) is 50.2 Å². The quantitative estimate of drug-likeness (QED) is 0.668. The van der Waals surface area contributed by atoms with Gasteiger partial charge < -0.3 is 10.1 Å². The van der Waals surface area contributed by atoms with E-state index in [1.807, 2.05) is 30.3 Å². The number of unbranched alkanes of at least 4 members (excludes halogenated alkanes) is 3. The van der Waals surface area contributed by atoms with Crippen molar-refractivity contribution in [2.45, 2.75) is 52.6 Å². The number of anilines is 1. The van der Waals surface area contributed by atoms with Crippen LogP contribution in [0.15, 0.2) is 42.6 Å². The molecule has 128 valence electrons. The minimum atomic E-state index is -0.00875. The van der Waals surface area contributed by atoms with Crippen LogP contribution in [0.4, 0.5) is 5.82 Å². The highest BCUT2D eigenvalue weighted by Gasteiger charge is 2.09. The van der Waals surface area contributed by atoms with Gasteiger partial charge in [0.25, 0.3) is 0 Å². The Kier molecular flexibility index (Phi) is 7.27. The summed E-state index contributed by atoms with van der Waals surface area (Å²) < 4.78 is 5.87. The molecule has 0 unspecified atom stereocenters. The highest BCUT2D eigenvalue weighted by Crippen LogP contribution is 2.23. The van der Waals surface area contributed by atoms with Crippen LogP contribution in [0.5, 0.6) is 5.75 Å². The molecule has 0 saturated carbocycles. The first-order valence-corrected chi connectivity index (χ1v) is 8.63. The number of aryl methyl sites for hydroxylation is 1. The lowest BCUT2D eigenvalue weighted by Gasteiger charge is -2.12. The number of pyridine rings is 1. The van der Waals surface area contributed by atoms with Crippen molar-refractivity contribution in [2.24, 2.45) is 0 Å². The van der Waals surface area contributed by atoms with E-state index in [2.05, 4.69) is 30.2 Å². The molecule has 0 fully saturated rings. The highest BCUT2D eigenvalue weighted by atomic mass is 16.5. The molecule has 0 aliphatic carbocycles. The Bertz CT molecular complexity index is 656. The van der Waals surface area contributed by atoms with Crippen LogP contribution in [0.3, 0.4) is 0 Å². The molecule has 1 N–H and O–H groups in total.